The number of ketones is 1. The first-order valence-electron chi connectivity index (χ1n) is 6.20. The standard InChI is InChI=1S/C15H18O2/c16-15-10-4-8-14(15)9-5-11-17-12-13-6-2-1-3-7-13/h1-3,6-8H,4-5,9-12H2. The van der Waals surface area contributed by atoms with E-state index in [2.05, 4.69) is 18.2 Å². The Morgan fingerprint density at radius 3 is 2.71 bits per heavy atom. The molecule has 0 amide bonds. The molecule has 1 aromatic carbocycles. The molecule has 0 N–H and O–H groups in total. The Bertz CT molecular complexity index is 393. The van der Waals surface area contributed by atoms with Crippen LogP contribution in [0.15, 0.2) is 42.0 Å². The zero-order chi connectivity index (χ0) is 11.9. The molecule has 0 aliphatic heterocycles. The van der Waals surface area contributed by atoms with Crippen molar-refractivity contribution in [3.8, 4) is 0 Å². The van der Waals surface area contributed by atoms with Crippen LogP contribution in [0.3, 0.4) is 0 Å². The Labute approximate surface area is 102 Å². The number of hydrogen-bond acceptors (Lipinski definition) is 2. The van der Waals surface area contributed by atoms with E-state index in [1.165, 1.54) is 5.56 Å². The Hall–Kier alpha value is -1.41. The van der Waals surface area contributed by atoms with Crippen LogP contribution in [-0.4, -0.2) is 12.4 Å². The molecule has 1 aromatic rings. The van der Waals surface area contributed by atoms with Gasteiger partial charge in [0.1, 0.15) is 0 Å². The van der Waals surface area contributed by atoms with Crippen molar-refractivity contribution in [3.05, 3.63) is 47.5 Å². The second-order valence-corrected chi connectivity index (χ2v) is 4.33. The monoisotopic (exact) mass is 230 g/mol. The highest BCUT2D eigenvalue weighted by Gasteiger charge is 2.13. The van der Waals surface area contributed by atoms with E-state index in [9.17, 15) is 4.79 Å². The smallest absolute Gasteiger partial charge is 0.158 e. The van der Waals surface area contributed by atoms with E-state index in [0.717, 1.165) is 31.4 Å². The van der Waals surface area contributed by atoms with E-state index in [0.29, 0.717) is 18.8 Å². The van der Waals surface area contributed by atoms with Gasteiger partial charge >= 0.3 is 0 Å². The summed E-state index contributed by atoms with van der Waals surface area (Å²) < 4.78 is 5.58. The third-order valence-electron chi connectivity index (χ3n) is 2.97. The van der Waals surface area contributed by atoms with E-state index in [1.807, 2.05) is 18.2 Å². The van der Waals surface area contributed by atoms with E-state index in [4.69, 9.17) is 4.74 Å². The molecule has 2 rings (SSSR count). The third-order valence-corrected chi connectivity index (χ3v) is 2.97. The van der Waals surface area contributed by atoms with Gasteiger partial charge in [0.05, 0.1) is 6.61 Å². The maximum Gasteiger partial charge on any atom is 0.158 e. The van der Waals surface area contributed by atoms with Crippen molar-refractivity contribution in [3.63, 3.8) is 0 Å². The average Bonchev–Trinajstić information content (AvgIpc) is 2.76. The maximum absolute atomic E-state index is 11.4. The second-order valence-electron chi connectivity index (χ2n) is 4.33. The molecule has 1 aliphatic carbocycles. The number of hydrogen-bond donors (Lipinski definition) is 0. The number of benzene rings is 1. The van der Waals surface area contributed by atoms with E-state index in [-0.39, 0.29) is 0 Å². The Morgan fingerprint density at radius 1 is 1.18 bits per heavy atom. The highest BCUT2D eigenvalue weighted by Crippen LogP contribution is 2.18. The molecule has 2 nitrogen and oxygen atoms in total. The second kappa shape index (κ2) is 6.36. The van der Waals surface area contributed by atoms with Gasteiger partial charge in [-0.15, -0.1) is 0 Å². The van der Waals surface area contributed by atoms with Crippen LogP contribution in [0.1, 0.15) is 31.2 Å². The fraction of sp³-hybridized carbons (Fsp3) is 0.400. The molecule has 0 unspecified atom stereocenters. The minimum atomic E-state index is 0.327. The van der Waals surface area contributed by atoms with Crippen LogP contribution in [0.25, 0.3) is 0 Å². The fourth-order valence-electron chi connectivity index (χ4n) is 2.02. The van der Waals surface area contributed by atoms with Gasteiger partial charge < -0.3 is 4.74 Å². The van der Waals surface area contributed by atoms with Crippen molar-refractivity contribution in [1.29, 1.82) is 0 Å². The van der Waals surface area contributed by atoms with Crippen molar-refractivity contribution in [1.82, 2.24) is 0 Å². The molecule has 17 heavy (non-hydrogen) atoms. The molecule has 1 aliphatic rings. The predicted octanol–water partition coefficient (Wildman–Crippen LogP) is 3.27. The molecule has 0 saturated heterocycles. The summed E-state index contributed by atoms with van der Waals surface area (Å²) >= 11 is 0. The summed E-state index contributed by atoms with van der Waals surface area (Å²) in [7, 11) is 0. The minimum Gasteiger partial charge on any atom is -0.377 e. The number of rotatable bonds is 6. The Morgan fingerprint density at radius 2 is 2.00 bits per heavy atom. The van der Waals surface area contributed by atoms with Crippen molar-refractivity contribution in [2.75, 3.05) is 6.61 Å². The summed E-state index contributed by atoms with van der Waals surface area (Å²) in [5.74, 6) is 0.327. The maximum atomic E-state index is 11.4. The summed E-state index contributed by atoms with van der Waals surface area (Å²) in [6, 6.07) is 10.1. The molecule has 0 saturated carbocycles. The van der Waals surface area contributed by atoms with Gasteiger partial charge in [-0.2, -0.15) is 0 Å². The van der Waals surface area contributed by atoms with Crippen molar-refractivity contribution < 1.29 is 9.53 Å². The van der Waals surface area contributed by atoms with Gasteiger partial charge in [-0.25, -0.2) is 0 Å². The largest absolute Gasteiger partial charge is 0.377 e. The highest BCUT2D eigenvalue weighted by atomic mass is 16.5. The van der Waals surface area contributed by atoms with Crippen LogP contribution >= 0.6 is 0 Å². The summed E-state index contributed by atoms with van der Waals surface area (Å²) in [4.78, 5) is 11.4. The fourth-order valence-corrected chi connectivity index (χ4v) is 2.02. The molecule has 0 fully saturated rings. The Kier molecular flexibility index (Phi) is 4.51. The van der Waals surface area contributed by atoms with Crippen molar-refractivity contribution in [2.45, 2.75) is 32.3 Å². The lowest BCUT2D eigenvalue weighted by molar-refractivity contribution is -0.115. The zero-order valence-corrected chi connectivity index (χ0v) is 10.0. The summed E-state index contributed by atoms with van der Waals surface area (Å²) in [6.45, 7) is 1.38. The topological polar surface area (TPSA) is 26.3 Å². The van der Waals surface area contributed by atoms with Crippen LogP contribution in [0.5, 0.6) is 0 Å². The molecule has 0 spiro atoms. The van der Waals surface area contributed by atoms with Gasteiger partial charge in [-0.3, -0.25) is 4.79 Å². The zero-order valence-electron chi connectivity index (χ0n) is 10.0. The predicted molar refractivity (Wildman–Crippen MR) is 67.7 cm³/mol. The van der Waals surface area contributed by atoms with E-state index in [1.54, 1.807) is 0 Å². The quantitative estimate of drug-likeness (QED) is 0.701. The minimum absolute atomic E-state index is 0.327. The number of Topliss-reactive ketones (excluding diaryl/α,β-unsaturated/α-hetero) is 1. The first-order valence-corrected chi connectivity index (χ1v) is 6.20. The first-order chi connectivity index (χ1) is 8.36. The van der Waals surface area contributed by atoms with Crippen LogP contribution in [0.4, 0.5) is 0 Å². The van der Waals surface area contributed by atoms with Gasteiger partial charge in [-0.05, 0) is 30.4 Å². The summed E-state index contributed by atoms with van der Waals surface area (Å²) in [5, 5.41) is 0. The van der Waals surface area contributed by atoms with Crippen LogP contribution in [-0.2, 0) is 16.1 Å². The number of carbonyl (C=O) groups excluding carboxylic acids is 1. The van der Waals surface area contributed by atoms with Crippen LogP contribution < -0.4 is 0 Å². The molecule has 0 radical (unpaired) electrons. The van der Waals surface area contributed by atoms with Crippen LogP contribution in [0, 0.1) is 0 Å². The lowest BCUT2D eigenvalue weighted by atomic mass is 10.1. The number of carbonyl (C=O) groups is 1. The molecule has 0 aromatic heterocycles. The lowest BCUT2D eigenvalue weighted by Crippen LogP contribution is -1.99. The average molecular weight is 230 g/mol. The van der Waals surface area contributed by atoms with E-state index < -0.39 is 0 Å². The molecule has 0 heterocycles. The van der Waals surface area contributed by atoms with Crippen LogP contribution in [0.2, 0.25) is 0 Å². The van der Waals surface area contributed by atoms with Crippen molar-refractivity contribution in [2.24, 2.45) is 0 Å². The van der Waals surface area contributed by atoms with Gasteiger partial charge in [0.2, 0.25) is 0 Å². The SMILES string of the molecule is O=C1CCC=C1CCCOCc1ccccc1. The molecule has 2 heteroatoms. The summed E-state index contributed by atoms with van der Waals surface area (Å²) in [5.41, 5.74) is 2.21. The number of allylic oxidation sites excluding steroid dienone is 2. The first kappa shape index (κ1) is 12.1. The normalized spacial score (nSPS) is 15.1. The van der Waals surface area contributed by atoms with Gasteiger partial charge in [0, 0.05) is 13.0 Å². The third kappa shape index (κ3) is 3.82. The lowest BCUT2D eigenvalue weighted by Gasteiger charge is -2.04. The van der Waals surface area contributed by atoms with Gasteiger partial charge in [-0.1, -0.05) is 36.4 Å². The van der Waals surface area contributed by atoms with Gasteiger partial charge in [0.15, 0.2) is 5.78 Å². The molecule has 0 bridgehead atoms. The molecular formula is C15H18O2. The summed E-state index contributed by atoms with van der Waals surface area (Å²) in [6.07, 6.45) is 5.51. The Balaban J connectivity index is 1.59. The van der Waals surface area contributed by atoms with Crippen molar-refractivity contribution >= 4 is 5.78 Å². The van der Waals surface area contributed by atoms with E-state index >= 15 is 0 Å². The molecule has 0 atom stereocenters. The van der Waals surface area contributed by atoms with Gasteiger partial charge in [0.25, 0.3) is 0 Å². The molecule has 90 valence electrons. The highest BCUT2D eigenvalue weighted by molar-refractivity contribution is 5.97. The number of ether oxygens (including phenoxy) is 1. The molecular weight excluding hydrogens is 212 g/mol.